The molecule has 2 aromatic carbocycles. The molecule has 0 saturated carbocycles. The topological polar surface area (TPSA) is 76.7 Å². The third kappa shape index (κ3) is 6.82. The lowest BCUT2D eigenvalue weighted by Gasteiger charge is -2.22. The second-order valence-corrected chi connectivity index (χ2v) is 7.04. The van der Waals surface area contributed by atoms with Crippen molar-refractivity contribution >= 4 is 11.8 Å². The summed E-state index contributed by atoms with van der Waals surface area (Å²) in [6.45, 7) is 6.78. The van der Waals surface area contributed by atoms with Gasteiger partial charge in [0.15, 0.2) is 0 Å². The molecule has 0 heterocycles. The van der Waals surface area contributed by atoms with Crippen LogP contribution in [0.15, 0.2) is 48.5 Å². The van der Waals surface area contributed by atoms with Crippen LogP contribution in [0.1, 0.15) is 36.7 Å². The summed E-state index contributed by atoms with van der Waals surface area (Å²) in [4.78, 5) is 25.2. The zero-order chi connectivity index (χ0) is 21.2. The van der Waals surface area contributed by atoms with Gasteiger partial charge in [-0.15, -0.1) is 0 Å². The van der Waals surface area contributed by atoms with Crippen molar-refractivity contribution in [1.82, 2.24) is 10.6 Å². The molecule has 1 atom stereocenters. The second kappa shape index (κ2) is 11.1. The molecule has 0 unspecified atom stereocenters. The maximum absolute atomic E-state index is 12.6. The first-order valence-corrected chi connectivity index (χ1v) is 9.89. The highest BCUT2D eigenvalue weighted by molar-refractivity contribution is 5.97. The predicted octanol–water partition coefficient (Wildman–Crippen LogP) is 3.21. The van der Waals surface area contributed by atoms with Crippen molar-refractivity contribution in [1.29, 1.82) is 0 Å². The van der Waals surface area contributed by atoms with E-state index in [-0.39, 0.29) is 17.7 Å². The average molecular weight is 399 g/mol. The molecule has 6 heteroatoms. The van der Waals surface area contributed by atoms with Crippen molar-refractivity contribution in [2.75, 3.05) is 20.3 Å². The molecule has 2 rings (SSSR count). The predicted molar refractivity (Wildman–Crippen MR) is 113 cm³/mol. The van der Waals surface area contributed by atoms with Gasteiger partial charge in [-0.2, -0.15) is 0 Å². The molecule has 0 aliphatic rings. The Bertz CT molecular complexity index is 786. The van der Waals surface area contributed by atoms with Crippen molar-refractivity contribution in [3.8, 4) is 11.5 Å². The van der Waals surface area contributed by atoms with Crippen LogP contribution in [0.25, 0.3) is 0 Å². The van der Waals surface area contributed by atoms with E-state index >= 15 is 0 Å². The van der Waals surface area contributed by atoms with Gasteiger partial charge in [0.05, 0.1) is 13.7 Å². The van der Waals surface area contributed by atoms with Crippen LogP contribution in [0, 0.1) is 5.92 Å². The maximum Gasteiger partial charge on any atom is 0.251 e. The Morgan fingerprint density at radius 2 is 1.59 bits per heavy atom. The Kier molecular flexibility index (Phi) is 8.52. The number of carbonyl (C=O) groups excluding carboxylic acids is 2. The van der Waals surface area contributed by atoms with E-state index in [1.807, 2.05) is 45.0 Å². The number of benzene rings is 2. The van der Waals surface area contributed by atoms with E-state index in [0.29, 0.717) is 30.9 Å². The lowest BCUT2D eigenvalue weighted by molar-refractivity contribution is -0.123. The number of hydrogen-bond donors (Lipinski definition) is 2. The highest BCUT2D eigenvalue weighted by Crippen LogP contribution is 2.13. The number of carbonyl (C=O) groups is 2. The van der Waals surface area contributed by atoms with Crippen molar-refractivity contribution in [3.63, 3.8) is 0 Å². The first kappa shape index (κ1) is 22.3. The minimum atomic E-state index is -0.607. The fourth-order valence-corrected chi connectivity index (χ4v) is 2.86. The molecular weight excluding hydrogens is 368 g/mol. The summed E-state index contributed by atoms with van der Waals surface area (Å²) in [5, 5.41) is 5.76. The van der Waals surface area contributed by atoms with Crippen LogP contribution in [0.3, 0.4) is 0 Å². The zero-order valence-electron chi connectivity index (χ0n) is 17.5. The number of ether oxygens (including phenoxy) is 2. The van der Waals surface area contributed by atoms with Gasteiger partial charge in [-0.1, -0.05) is 26.0 Å². The van der Waals surface area contributed by atoms with Crippen LogP contribution in [-0.2, 0) is 11.2 Å². The van der Waals surface area contributed by atoms with Gasteiger partial charge in [0.25, 0.3) is 5.91 Å². The van der Waals surface area contributed by atoms with Crippen molar-refractivity contribution < 1.29 is 19.1 Å². The van der Waals surface area contributed by atoms with Crippen LogP contribution < -0.4 is 20.1 Å². The number of rotatable bonds is 10. The van der Waals surface area contributed by atoms with Crippen LogP contribution in [0.4, 0.5) is 0 Å². The van der Waals surface area contributed by atoms with E-state index in [0.717, 1.165) is 11.3 Å². The molecule has 29 heavy (non-hydrogen) atoms. The van der Waals surface area contributed by atoms with Crippen LogP contribution in [-0.4, -0.2) is 38.1 Å². The molecule has 2 amide bonds. The van der Waals surface area contributed by atoms with Crippen LogP contribution in [0.5, 0.6) is 11.5 Å². The molecule has 2 N–H and O–H groups in total. The Labute approximate surface area is 172 Å². The summed E-state index contributed by atoms with van der Waals surface area (Å²) in [6.07, 6.45) is 0.702. The zero-order valence-corrected chi connectivity index (χ0v) is 17.5. The third-order valence-corrected chi connectivity index (χ3v) is 4.54. The quantitative estimate of drug-likeness (QED) is 0.644. The lowest BCUT2D eigenvalue weighted by atomic mass is 10.0. The summed E-state index contributed by atoms with van der Waals surface area (Å²) in [5.74, 6) is 1.00. The number of amides is 2. The Balaban J connectivity index is 1.89. The van der Waals surface area contributed by atoms with E-state index in [1.165, 1.54) is 0 Å². The summed E-state index contributed by atoms with van der Waals surface area (Å²) in [6, 6.07) is 14.0. The standard InChI is InChI=1S/C23H30N2O4/c1-5-29-20-12-8-18(9-13-20)22(26)25-21(16(2)3)23(27)24-15-14-17-6-10-19(28-4)11-7-17/h6-13,16,21H,5,14-15H2,1-4H3,(H,24,27)(H,25,26)/t21-/m0/s1. The molecule has 0 saturated heterocycles. The SMILES string of the molecule is CCOc1ccc(C(=O)N[C@H](C(=O)NCCc2ccc(OC)cc2)C(C)C)cc1. The van der Waals surface area contributed by atoms with E-state index in [1.54, 1.807) is 31.4 Å². The monoisotopic (exact) mass is 398 g/mol. The first-order valence-electron chi connectivity index (χ1n) is 9.89. The van der Waals surface area contributed by atoms with Crippen molar-refractivity contribution in [2.45, 2.75) is 33.2 Å². The number of nitrogens with one attached hydrogen (secondary N) is 2. The molecule has 0 fully saturated rings. The van der Waals surface area contributed by atoms with Gasteiger partial charge in [-0.3, -0.25) is 9.59 Å². The Morgan fingerprint density at radius 3 is 2.14 bits per heavy atom. The average Bonchev–Trinajstić information content (AvgIpc) is 2.72. The van der Waals surface area contributed by atoms with E-state index in [2.05, 4.69) is 10.6 Å². The van der Waals surface area contributed by atoms with Gasteiger partial charge in [0.2, 0.25) is 5.91 Å². The second-order valence-electron chi connectivity index (χ2n) is 7.04. The summed E-state index contributed by atoms with van der Waals surface area (Å²) < 4.78 is 10.5. The molecule has 156 valence electrons. The first-order chi connectivity index (χ1) is 13.9. The summed E-state index contributed by atoms with van der Waals surface area (Å²) >= 11 is 0. The molecule has 0 aliphatic heterocycles. The smallest absolute Gasteiger partial charge is 0.251 e. The molecule has 0 aromatic heterocycles. The molecule has 0 aliphatic carbocycles. The largest absolute Gasteiger partial charge is 0.497 e. The van der Waals surface area contributed by atoms with Crippen LogP contribution >= 0.6 is 0 Å². The molecule has 0 bridgehead atoms. The highest BCUT2D eigenvalue weighted by Gasteiger charge is 2.24. The highest BCUT2D eigenvalue weighted by atomic mass is 16.5. The Morgan fingerprint density at radius 1 is 0.966 bits per heavy atom. The molecule has 0 spiro atoms. The van der Waals surface area contributed by atoms with E-state index in [4.69, 9.17) is 9.47 Å². The number of methoxy groups -OCH3 is 1. The van der Waals surface area contributed by atoms with Crippen molar-refractivity contribution in [2.24, 2.45) is 5.92 Å². The van der Waals surface area contributed by atoms with Gasteiger partial charge in [-0.25, -0.2) is 0 Å². The van der Waals surface area contributed by atoms with Gasteiger partial charge in [0.1, 0.15) is 17.5 Å². The minimum absolute atomic E-state index is 0.0392. The maximum atomic E-state index is 12.6. The van der Waals surface area contributed by atoms with Crippen molar-refractivity contribution in [3.05, 3.63) is 59.7 Å². The fraction of sp³-hybridized carbons (Fsp3) is 0.391. The summed E-state index contributed by atoms with van der Waals surface area (Å²) in [7, 11) is 1.63. The minimum Gasteiger partial charge on any atom is -0.497 e. The normalized spacial score (nSPS) is 11.6. The van der Waals surface area contributed by atoms with Gasteiger partial charge < -0.3 is 20.1 Å². The van der Waals surface area contributed by atoms with Gasteiger partial charge >= 0.3 is 0 Å². The third-order valence-electron chi connectivity index (χ3n) is 4.54. The summed E-state index contributed by atoms with van der Waals surface area (Å²) in [5.41, 5.74) is 1.59. The fourth-order valence-electron chi connectivity index (χ4n) is 2.86. The molecule has 2 aromatic rings. The molecule has 0 radical (unpaired) electrons. The van der Waals surface area contributed by atoms with Gasteiger partial charge in [0, 0.05) is 12.1 Å². The van der Waals surface area contributed by atoms with Gasteiger partial charge in [-0.05, 0) is 61.2 Å². The van der Waals surface area contributed by atoms with E-state index in [9.17, 15) is 9.59 Å². The molecule has 6 nitrogen and oxygen atoms in total. The Hall–Kier alpha value is -3.02. The molecular formula is C23H30N2O4. The van der Waals surface area contributed by atoms with Crippen LogP contribution in [0.2, 0.25) is 0 Å². The number of hydrogen-bond acceptors (Lipinski definition) is 4. The van der Waals surface area contributed by atoms with E-state index < -0.39 is 6.04 Å². The lowest BCUT2D eigenvalue weighted by Crippen LogP contribution is -2.50.